The van der Waals surface area contributed by atoms with E-state index in [2.05, 4.69) is 21.7 Å². The molecule has 0 spiro atoms. The van der Waals surface area contributed by atoms with Crippen molar-refractivity contribution in [2.75, 3.05) is 19.6 Å². The minimum absolute atomic E-state index is 0. The first-order valence-corrected chi connectivity index (χ1v) is 10.9. The standard InChI is InChI=1S/C19H30N4O2S.HI/c1-2-21-19(22-14-12-16-6-4-3-5-7-16)23-15-13-17-8-10-18(11-9-17)26(20,24)25;/h6,8-11H,2-5,7,12-15H2,1H3,(H2,20,24,25)(H2,21,22,23);1H. The van der Waals surface area contributed by atoms with Gasteiger partial charge >= 0.3 is 0 Å². The van der Waals surface area contributed by atoms with Gasteiger partial charge in [0.1, 0.15) is 0 Å². The molecule has 0 aliphatic heterocycles. The fourth-order valence-electron chi connectivity index (χ4n) is 2.96. The predicted octanol–water partition coefficient (Wildman–Crippen LogP) is 2.94. The van der Waals surface area contributed by atoms with E-state index < -0.39 is 10.0 Å². The zero-order valence-corrected chi connectivity index (χ0v) is 19.1. The Bertz CT molecular complexity index is 731. The van der Waals surface area contributed by atoms with E-state index in [-0.39, 0.29) is 28.9 Å². The summed E-state index contributed by atoms with van der Waals surface area (Å²) in [4.78, 5) is 4.78. The molecule has 0 heterocycles. The lowest BCUT2D eigenvalue weighted by atomic mass is 9.97. The maximum absolute atomic E-state index is 11.3. The Kier molecular flexibility index (Phi) is 10.9. The number of allylic oxidation sites excluding steroid dienone is 1. The van der Waals surface area contributed by atoms with Crippen LogP contribution in [0.5, 0.6) is 0 Å². The maximum atomic E-state index is 11.3. The molecular formula is C19H31IN4O2S. The molecule has 27 heavy (non-hydrogen) atoms. The molecule has 1 aromatic carbocycles. The third kappa shape index (κ3) is 9.07. The van der Waals surface area contributed by atoms with Gasteiger partial charge in [-0.15, -0.1) is 24.0 Å². The van der Waals surface area contributed by atoms with Gasteiger partial charge in [0.25, 0.3) is 0 Å². The Hall–Kier alpha value is -1.13. The minimum Gasteiger partial charge on any atom is -0.357 e. The summed E-state index contributed by atoms with van der Waals surface area (Å²) in [6.45, 7) is 4.39. The molecule has 1 aromatic rings. The Labute approximate surface area is 180 Å². The summed E-state index contributed by atoms with van der Waals surface area (Å²) in [5, 5.41) is 11.7. The van der Waals surface area contributed by atoms with Gasteiger partial charge in [-0.25, -0.2) is 13.6 Å². The highest BCUT2D eigenvalue weighted by Gasteiger charge is 2.07. The van der Waals surface area contributed by atoms with E-state index in [0.717, 1.165) is 44.0 Å². The number of nitrogens with two attached hydrogens (primary N) is 1. The van der Waals surface area contributed by atoms with E-state index in [1.165, 1.54) is 31.3 Å². The van der Waals surface area contributed by atoms with Gasteiger partial charge < -0.3 is 10.6 Å². The van der Waals surface area contributed by atoms with Crippen molar-refractivity contribution in [2.45, 2.75) is 50.3 Å². The number of nitrogens with one attached hydrogen (secondary N) is 2. The molecule has 4 N–H and O–H groups in total. The molecule has 0 radical (unpaired) electrons. The van der Waals surface area contributed by atoms with Crippen LogP contribution in [0.1, 0.15) is 44.6 Å². The van der Waals surface area contributed by atoms with E-state index in [9.17, 15) is 8.42 Å². The van der Waals surface area contributed by atoms with Gasteiger partial charge in [0, 0.05) is 19.6 Å². The van der Waals surface area contributed by atoms with E-state index in [4.69, 9.17) is 5.14 Å². The monoisotopic (exact) mass is 506 g/mol. The SMILES string of the molecule is CCNC(=NCCC1=CCCCC1)NCCc1ccc(S(N)(=O)=O)cc1.I. The molecular weight excluding hydrogens is 475 g/mol. The molecule has 0 aromatic heterocycles. The van der Waals surface area contributed by atoms with E-state index in [1.807, 2.05) is 6.92 Å². The van der Waals surface area contributed by atoms with Crippen LogP contribution >= 0.6 is 24.0 Å². The molecule has 0 saturated carbocycles. The maximum Gasteiger partial charge on any atom is 0.238 e. The number of aliphatic imine (C=N–C) groups is 1. The number of benzene rings is 1. The number of halogens is 1. The highest BCUT2D eigenvalue weighted by atomic mass is 127. The molecule has 1 aliphatic carbocycles. The second kappa shape index (κ2) is 12.4. The van der Waals surface area contributed by atoms with E-state index in [0.29, 0.717) is 0 Å². The normalized spacial score (nSPS) is 14.9. The average Bonchev–Trinajstić information content (AvgIpc) is 2.62. The van der Waals surface area contributed by atoms with Crippen molar-refractivity contribution in [3.63, 3.8) is 0 Å². The lowest BCUT2D eigenvalue weighted by molar-refractivity contribution is 0.598. The number of guanidine groups is 1. The van der Waals surface area contributed by atoms with Crippen LogP contribution in [0.2, 0.25) is 0 Å². The summed E-state index contributed by atoms with van der Waals surface area (Å²) < 4.78 is 22.5. The van der Waals surface area contributed by atoms with Gasteiger partial charge in [0.15, 0.2) is 5.96 Å². The van der Waals surface area contributed by atoms with E-state index in [1.54, 1.807) is 24.3 Å². The zero-order chi connectivity index (χ0) is 18.8. The first-order chi connectivity index (χ1) is 12.5. The molecule has 6 nitrogen and oxygen atoms in total. The first-order valence-electron chi connectivity index (χ1n) is 9.31. The van der Waals surface area contributed by atoms with Crippen molar-refractivity contribution in [2.24, 2.45) is 10.1 Å². The summed E-state index contributed by atoms with van der Waals surface area (Å²) in [6.07, 6.45) is 9.22. The van der Waals surface area contributed by atoms with Crippen molar-refractivity contribution in [1.29, 1.82) is 0 Å². The third-order valence-corrected chi connectivity index (χ3v) is 5.32. The van der Waals surface area contributed by atoms with Crippen LogP contribution in [0.4, 0.5) is 0 Å². The largest absolute Gasteiger partial charge is 0.357 e. The average molecular weight is 506 g/mol. The van der Waals surface area contributed by atoms with Crippen LogP contribution in [0.3, 0.4) is 0 Å². The van der Waals surface area contributed by atoms with Crippen molar-refractivity contribution in [3.8, 4) is 0 Å². The number of hydrogen-bond donors (Lipinski definition) is 3. The lowest BCUT2D eigenvalue weighted by Gasteiger charge is -2.13. The highest BCUT2D eigenvalue weighted by Crippen LogP contribution is 2.19. The van der Waals surface area contributed by atoms with Crippen molar-refractivity contribution >= 4 is 40.0 Å². The summed E-state index contributed by atoms with van der Waals surface area (Å²) in [6, 6.07) is 6.67. The Morgan fingerprint density at radius 1 is 1.15 bits per heavy atom. The molecule has 0 bridgehead atoms. The van der Waals surface area contributed by atoms with Crippen LogP contribution in [0.25, 0.3) is 0 Å². The molecule has 0 unspecified atom stereocenters. The van der Waals surface area contributed by atoms with Crippen LogP contribution in [0, 0.1) is 0 Å². The molecule has 152 valence electrons. The molecule has 0 amide bonds. The Morgan fingerprint density at radius 2 is 1.89 bits per heavy atom. The number of rotatable bonds is 8. The quantitative estimate of drug-likeness (QED) is 0.219. The fourth-order valence-corrected chi connectivity index (χ4v) is 3.47. The molecule has 8 heteroatoms. The summed E-state index contributed by atoms with van der Waals surface area (Å²) in [7, 11) is -3.63. The van der Waals surface area contributed by atoms with Gasteiger partial charge in [0.05, 0.1) is 4.90 Å². The molecule has 2 rings (SSSR count). The zero-order valence-electron chi connectivity index (χ0n) is 15.9. The predicted molar refractivity (Wildman–Crippen MR) is 122 cm³/mol. The lowest BCUT2D eigenvalue weighted by Crippen LogP contribution is -2.38. The van der Waals surface area contributed by atoms with Gasteiger partial charge in [-0.05, 0) is 63.1 Å². The molecule has 0 saturated heterocycles. The number of primary sulfonamides is 1. The summed E-state index contributed by atoms with van der Waals surface area (Å²) in [5.41, 5.74) is 2.58. The van der Waals surface area contributed by atoms with Crippen molar-refractivity contribution < 1.29 is 8.42 Å². The molecule has 0 fully saturated rings. The topological polar surface area (TPSA) is 96.6 Å². The Balaban J connectivity index is 0.00000364. The second-order valence-electron chi connectivity index (χ2n) is 6.48. The highest BCUT2D eigenvalue weighted by molar-refractivity contribution is 14.0. The van der Waals surface area contributed by atoms with E-state index >= 15 is 0 Å². The summed E-state index contributed by atoms with van der Waals surface area (Å²) in [5.74, 6) is 0.824. The fraction of sp³-hybridized carbons (Fsp3) is 0.526. The smallest absolute Gasteiger partial charge is 0.238 e. The number of sulfonamides is 1. The first kappa shape index (κ1) is 23.9. The molecule has 1 aliphatic rings. The van der Waals surface area contributed by atoms with Gasteiger partial charge in [-0.3, -0.25) is 4.99 Å². The third-order valence-electron chi connectivity index (χ3n) is 4.39. The molecule has 0 atom stereocenters. The van der Waals surface area contributed by atoms with Gasteiger partial charge in [-0.1, -0.05) is 23.8 Å². The van der Waals surface area contributed by atoms with Gasteiger partial charge in [-0.2, -0.15) is 0 Å². The minimum atomic E-state index is -3.63. The van der Waals surface area contributed by atoms with Crippen LogP contribution in [-0.2, 0) is 16.4 Å². The summed E-state index contributed by atoms with van der Waals surface area (Å²) >= 11 is 0. The van der Waals surface area contributed by atoms with Gasteiger partial charge in [0.2, 0.25) is 10.0 Å². The van der Waals surface area contributed by atoms with Crippen LogP contribution in [-0.4, -0.2) is 34.0 Å². The number of nitrogens with zero attached hydrogens (tertiary/aromatic N) is 1. The second-order valence-corrected chi connectivity index (χ2v) is 8.05. The van der Waals surface area contributed by atoms with Crippen LogP contribution < -0.4 is 15.8 Å². The number of hydrogen-bond acceptors (Lipinski definition) is 3. The Morgan fingerprint density at radius 3 is 2.48 bits per heavy atom. The van der Waals surface area contributed by atoms with Crippen molar-refractivity contribution in [1.82, 2.24) is 10.6 Å². The van der Waals surface area contributed by atoms with Crippen LogP contribution in [0.15, 0.2) is 45.8 Å². The van der Waals surface area contributed by atoms with Crippen molar-refractivity contribution in [3.05, 3.63) is 41.5 Å².